The van der Waals surface area contributed by atoms with Crippen molar-refractivity contribution in [2.75, 3.05) is 20.2 Å². The van der Waals surface area contributed by atoms with Crippen LogP contribution in [0.4, 0.5) is 4.79 Å². The first kappa shape index (κ1) is 19.1. The highest BCUT2D eigenvalue weighted by Gasteiger charge is 2.24. The van der Waals surface area contributed by atoms with Crippen molar-refractivity contribution in [1.29, 1.82) is 0 Å². The summed E-state index contributed by atoms with van der Waals surface area (Å²) in [6.07, 6.45) is 2.24. The molecule has 2 aromatic rings. The highest BCUT2D eigenvalue weighted by atomic mass is 16.5. The van der Waals surface area contributed by atoms with Crippen LogP contribution in [0.3, 0.4) is 0 Å². The van der Waals surface area contributed by atoms with Crippen LogP contribution in [0, 0.1) is 20.8 Å². The van der Waals surface area contributed by atoms with Gasteiger partial charge in [0.05, 0.1) is 12.8 Å². The van der Waals surface area contributed by atoms with Crippen LogP contribution in [-0.4, -0.2) is 57.7 Å². The summed E-state index contributed by atoms with van der Waals surface area (Å²) in [6.45, 7) is 7.15. The Morgan fingerprint density at radius 3 is 2.63 bits per heavy atom. The lowest BCUT2D eigenvalue weighted by molar-refractivity contribution is -0.122. The molecule has 0 radical (unpaired) electrons. The second-order valence-corrected chi connectivity index (χ2v) is 7.12. The number of likely N-dealkylation sites (tertiary alicyclic amines) is 1. The zero-order valence-corrected chi connectivity index (χ0v) is 16.4. The fourth-order valence-electron chi connectivity index (χ4n) is 3.68. The van der Waals surface area contributed by atoms with Crippen LogP contribution >= 0.6 is 0 Å². The third-order valence-electron chi connectivity index (χ3n) is 5.18. The maximum Gasteiger partial charge on any atom is 0.409 e. The molecule has 1 aliphatic rings. The summed E-state index contributed by atoms with van der Waals surface area (Å²) in [7, 11) is 1.39. The van der Waals surface area contributed by atoms with E-state index in [1.165, 1.54) is 7.11 Å². The molecule has 2 amide bonds. The van der Waals surface area contributed by atoms with Gasteiger partial charge in [0.15, 0.2) is 5.65 Å². The van der Waals surface area contributed by atoms with Crippen molar-refractivity contribution in [2.45, 2.75) is 52.5 Å². The number of rotatable bonds is 4. The van der Waals surface area contributed by atoms with E-state index in [0.717, 1.165) is 41.1 Å². The molecule has 0 spiro atoms. The van der Waals surface area contributed by atoms with Gasteiger partial charge in [-0.2, -0.15) is 5.10 Å². The molecule has 0 unspecified atom stereocenters. The summed E-state index contributed by atoms with van der Waals surface area (Å²) in [5, 5.41) is 7.56. The van der Waals surface area contributed by atoms with Gasteiger partial charge in [-0.1, -0.05) is 0 Å². The largest absolute Gasteiger partial charge is 0.453 e. The van der Waals surface area contributed by atoms with Crippen molar-refractivity contribution >= 4 is 17.6 Å². The fraction of sp³-hybridized carbons (Fsp3) is 0.579. The molecule has 0 aromatic carbocycles. The first-order valence-corrected chi connectivity index (χ1v) is 9.33. The van der Waals surface area contributed by atoms with Gasteiger partial charge in [-0.15, -0.1) is 0 Å². The number of ether oxygens (including phenoxy) is 1. The molecule has 0 bridgehead atoms. The Morgan fingerprint density at radius 2 is 1.96 bits per heavy atom. The number of aromatic nitrogens is 3. The number of hydrogen-bond donors (Lipinski definition) is 1. The molecule has 8 nitrogen and oxygen atoms in total. The van der Waals surface area contributed by atoms with Crippen LogP contribution in [0.1, 0.15) is 41.9 Å². The Hall–Kier alpha value is -2.64. The predicted octanol–water partition coefficient (Wildman–Crippen LogP) is 1.93. The molecular weight excluding hydrogens is 346 g/mol. The van der Waals surface area contributed by atoms with Gasteiger partial charge in [0, 0.05) is 43.0 Å². The number of carbonyl (C=O) groups is 2. The summed E-state index contributed by atoms with van der Waals surface area (Å²) in [5.74, 6) is 0.0297. The first-order valence-electron chi connectivity index (χ1n) is 9.33. The number of piperidine rings is 1. The normalized spacial score (nSPS) is 15.2. The lowest BCUT2D eigenvalue weighted by Gasteiger charge is -2.31. The van der Waals surface area contributed by atoms with E-state index in [1.807, 2.05) is 31.4 Å². The van der Waals surface area contributed by atoms with Crippen molar-refractivity contribution in [3.63, 3.8) is 0 Å². The zero-order valence-electron chi connectivity index (χ0n) is 16.4. The standard InChI is InChI=1S/C19H27N5O3/c1-12-11-17-20-13(2)16(14(3)24(17)22-12)5-6-18(25)21-15-7-9-23(10-8-15)19(26)27-4/h11,15H,5-10H2,1-4H3,(H,21,25). The minimum Gasteiger partial charge on any atom is -0.453 e. The minimum absolute atomic E-state index is 0.0297. The average molecular weight is 373 g/mol. The Kier molecular flexibility index (Phi) is 5.62. The zero-order chi connectivity index (χ0) is 19.6. The molecule has 1 fully saturated rings. The maximum absolute atomic E-state index is 12.4. The maximum atomic E-state index is 12.4. The summed E-state index contributed by atoms with van der Waals surface area (Å²) in [5.41, 5.74) is 4.82. The van der Waals surface area contributed by atoms with Crippen LogP contribution in [0.5, 0.6) is 0 Å². The summed E-state index contributed by atoms with van der Waals surface area (Å²) < 4.78 is 6.58. The molecule has 0 saturated carbocycles. The van der Waals surface area contributed by atoms with Crippen molar-refractivity contribution in [1.82, 2.24) is 24.8 Å². The molecule has 2 aromatic heterocycles. The molecule has 8 heteroatoms. The van der Waals surface area contributed by atoms with Crippen molar-refractivity contribution in [3.05, 3.63) is 28.7 Å². The van der Waals surface area contributed by atoms with E-state index >= 15 is 0 Å². The Balaban J connectivity index is 1.55. The summed E-state index contributed by atoms with van der Waals surface area (Å²) in [6, 6.07) is 2.06. The van der Waals surface area contributed by atoms with Gasteiger partial charge >= 0.3 is 6.09 Å². The van der Waals surface area contributed by atoms with E-state index in [9.17, 15) is 9.59 Å². The minimum atomic E-state index is -0.303. The van der Waals surface area contributed by atoms with Gasteiger partial charge in [0.1, 0.15) is 0 Å². The SMILES string of the molecule is COC(=O)N1CCC(NC(=O)CCc2c(C)nc3cc(C)nn3c2C)CC1. The van der Waals surface area contributed by atoms with Gasteiger partial charge in [-0.3, -0.25) is 4.79 Å². The molecule has 3 heterocycles. The van der Waals surface area contributed by atoms with Gasteiger partial charge in [-0.05, 0) is 45.6 Å². The number of hydrogen-bond acceptors (Lipinski definition) is 5. The van der Waals surface area contributed by atoms with Crippen LogP contribution in [0.25, 0.3) is 5.65 Å². The molecule has 27 heavy (non-hydrogen) atoms. The smallest absolute Gasteiger partial charge is 0.409 e. The molecule has 0 atom stereocenters. The van der Waals surface area contributed by atoms with E-state index in [-0.39, 0.29) is 18.0 Å². The topological polar surface area (TPSA) is 88.8 Å². The molecule has 0 aliphatic carbocycles. The molecule has 1 saturated heterocycles. The number of carbonyl (C=O) groups excluding carboxylic acids is 2. The molecule has 1 N–H and O–H groups in total. The summed E-state index contributed by atoms with van der Waals surface area (Å²) in [4.78, 5) is 30.2. The molecule has 146 valence electrons. The Morgan fingerprint density at radius 1 is 1.26 bits per heavy atom. The van der Waals surface area contributed by atoms with Crippen LogP contribution in [-0.2, 0) is 16.0 Å². The lowest BCUT2D eigenvalue weighted by atomic mass is 10.0. The van der Waals surface area contributed by atoms with Crippen LogP contribution in [0.15, 0.2) is 6.07 Å². The van der Waals surface area contributed by atoms with Gasteiger partial charge in [-0.25, -0.2) is 14.3 Å². The Bertz CT molecular complexity index is 853. The van der Waals surface area contributed by atoms with Gasteiger partial charge in [0.2, 0.25) is 5.91 Å². The van der Waals surface area contributed by atoms with E-state index < -0.39 is 0 Å². The fourth-order valence-corrected chi connectivity index (χ4v) is 3.68. The number of nitrogens with zero attached hydrogens (tertiary/aromatic N) is 4. The van der Waals surface area contributed by atoms with Crippen LogP contribution < -0.4 is 5.32 Å². The second-order valence-electron chi connectivity index (χ2n) is 7.12. The van der Waals surface area contributed by atoms with E-state index in [4.69, 9.17) is 4.74 Å². The third-order valence-corrected chi connectivity index (χ3v) is 5.18. The quantitative estimate of drug-likeness (QED) is 0.885. The predicted molar refractivity (Wildman–Crippen MR) is 101 cm³/mol. The molecule has 3 rings (SSSR count). The number of fused-ring (bicyclic) bond motifs is 1. The number of methoxy groups -OCH3 is 1. The van der Waals surface area contributed by atoms with Crippen molar-refractivity contribution in [2.24, 2.45) is 0 Å². The number of nitrogens with one attached hydrogen (secondary N) is 1. The van der Waals surface area contributed by atoms with Crippen LogP contribution in [0.2, 0.25) is 0 Å². The molecule has 1 aliphatic heterocycles. The van der Waals surface area contributed by atoms with E-state index in [2.05, 4.69) is 15.4 Å². The monoisotopic (exact) mass is 373 g/mol. The average Bonchev–Trinajstić information content (AvgIpc) is 3.02. The lowest BCUT2D eigenvalue weighted by Crippen LogP contribution is -2.46. The van der Waals surface area contributed by atoms with E-state index in [0.29, 0.717) is 25.9 Å². The molecular formula is C19H27N5O3. The van der Waals surface area contributed by atoms with Crippen molar-refractivity contribution in [3.8, 4) is 0 Å². The first-order chi connectivity index (χ1) is 12.9. The van der Waals surface area contributed by atoms with Gasteiger partial charge in [0.25, 0.3) is 0 Å². The highest BCUT2D eigenvalue weighted by Crippen LogP contribution is 2.17. The van der Waals surface area contributed by atoms with Crippen molar-refractivity contribution < 1.29 is 14.3 Å². The Labute approximate surface area is 158 Å². The third kappa shape index (κ3) is 4.20. The summed E-state index contributed by atoms with van der Waals surface area (Å²) >= 11 is 0. The number of amides is 2. The van der Waals surface area contributed by atoms with Gasteiger partial charge < -0.3 is 15.0 Å². The highest BCUT2D eigenvalue weighted by molar-refractivity contribution is 5.76. The number of aryl methyl sites for hydroxylation is 3. The second kappa shape index (κ2) is 7.94. The van der Waals surface area contributed by atoms with E-state index in [1.54, 1.807) is 4.90 Å².